The lowest BCUT2D eigenvalue weighted by Crippen LogP contribution is -2.28. The van der Waals surface area contributed by atoms with Gasteiger partial charge in [0.05, 0.1) is 17.4 Å². The van der Waals surface area contributed by atoms with Gasteiger partial charge in [-0.2, -0.15) is 0 Å². The minimum atomic E-state index is 0.0973. The first-order valence-electron chi connectivity index (χ1n) is 10.6. The number of likely N-dealkylation sites (N-methyl/N-ethyl adjacent to an activating group) is 1. The lowest BCUT2D eigenvalue weighted by Gasteiger charge is -2.28. The molecule has 1 aliphatic carbocycles. The van der Waals surface area contributed by atoms with Gasteiger partial charge in [0.1, 0.15) is 5.52 Å². The zero-order chi connectivity index (χ0) is 19.8. The van der Waals surface area contributed by atoms with Crippen LogP contribution in [-0.4, -0.2) is 28.1 Å². The highest BCUT2D eigenvalue weighted by atomic mass is 16.1. The van der Waals surface area contributed by atoms with Crippen molar-refractivity contribution in [3.63, 3.8) is 0 Å². The predicted molar refractivity (Wildman–Crippen MR) is 117 cm³/mol. The van der Waals surface area contributed by atoms with Gasteiger partial charge < -0.3 is 4.90 Å². The van der Waals surface area contributed by atoms with Crippen molar-refractivity contribution in [3.8, 4) is 0 Å². The molecule has 0 radical (unpaired) electrons. The first-order valence-corrected chi connectivity index (χ1v) is 10.6. The van der Waals surface area contributed by atoms with E-state index in [1.54, 1.807) is 12.5 Å². The summed E-state index contributed by atoms with van der Waals surface area (Å²) in [5, 5.41) is 0.734. The van der Waals surface area contributed by atoms with E-state index in [4.69, 9.17) is 4.98 Å². The lowest BCUT2D eigenvalue weighted by atomic mass is 9.93. The van der Waals surface area contributed by atoms with Crippen LogP contribution >= 0.6 is 0 Å². The normalized spacial score (nSPS) is 16.9. The van der Waals surface area contributed by atoms with Gasteiger partial charge in [0.2, 0.25) is 0 Å². The number of rotatable bonds is 3. The number of nitrogens with zero attached hydrogens (tertiary/aromatic N) is 4. The first-order chi connectivity index (χ1) is 14.2. The fourth-order valence-electron chi connectivity index (χ4n) is 4.81. The molecule has 148 valence electrons. The Bertz CT molecular complexity index is 1130. The summed E-state index contributed by atoms with van der Waals surface area (Å²) in [4.78, 5) is 24.8. The molecule has 0 amide bonds. The first kappa shape index (κ1) is 18.1. The van der Waals surface area contributed by atoms with Crippen molar-refractivity contribution >= 4 is 22.7 Å². The van der Waals surface area contributed by atoms with Gasteiger partial charge in [-0.25, -0.2) is 4.98 Å². The van der Waals surface area contributed by atoms with Crippen molar-refractivity contribution in [1.29, 1.82) is 0 Å². The number of hydrogen-bond acceptors (Lipinski definition) is 4. The van der Waals surface area contributed by atoms with Crippen LogP contribution in [0.15, 0.2) is 47.8 Å². The van der Waals surface area contributed by atoms with E-state index in [-0.39, 0.29) is 11.6 Å². The summed E-state index contributed by atoms with van der Waals surface area (Å²) in [6, 6.07) is 6.40. The molecule has 0 unspecified atom stereocenters. The van der Waals surface area contributed by atoms with Crippen LogP contribution in [0.5, 0.6) is 0 Å². The van der Waals surface area contributed by atoms with Crippen molar-refractivity contribution in [1.82, 2.24) is 14.5 Å². The van der Waals surface area contributed by atoms with Gasteiger partial charge in [0.25, 0.3) is 5.56 Å². The molecule has 5 rings (SSSR count). The number of aromatic nitrogens is 3. The number of anilines is 1. The number of benzene rings is 1. The molecule has 2 aliphatic rings. The monoisotopic (exact) mass is 386 g/mol. The van der Waals surface area contributed by atoms with Crippen molar-refractivity contribution in [3.05, 3.63) is 70.0 Å². The smallest absolute Gasteiger partial charge is 0.261 e. The lowest BCUT2D eigenvalue weighted by molar-refractivity contribution is 0.345. The second kappa shape index (κ2) is 7.47. The van der Waals surface area contributed by atoms with Gasteiger partial charge in [-0.3, -0.25) is 14.3 Å². The largest absolute Gasteiger partial charge is 0.369 e. The number of fused-ring (bicyclic) bond motifs is 3. The molecule has 1 fully saturated rings. The Hall–Kier alpha value is -2.95. The highest BCUT2D eigenvalue weighted by molar-refractivity contribution is 5.97. The van der Waals surface area contributed by atoms with E-state index in [2.05, 4.69) is 41.2 Å². The van der Waals surface area contributed by atoms with Crippen LogP contribution in [0.25, 0.3) is 17.0 Å². The van der Waals surface area contributed by atoms with Crippen molar-refractivity contribution in [2.45, 2.75) is 44.6 Å². The minimum Gasteiger partial charge on any atom is -0.369 e. The van der Waals surface area contributed by atoms with E-state index < -0.39 is 0 Å². The molecule has 0 saturated heterocycles. The van der Waals surface area contributed by atoms with Crippen molar-refractivity contribution in [2.24, 2.45) is 0 Å². The summed E-state index contributed by atoms with van der Waals surface area (Å²) in [6.45, 7) is 0.825. The molecule has 29 heavy (non-hydrogen) atoms. The molecule has 2 aromatic heterocycles. The fourth-order valence-corrected chi connectivity index (χ4v) is 4.81. The molecule has 5 heteroatoms. The van der Waals surface area contributed by atoms with E-state index in [9.17, 15) is 4.79 Å². The second-order valence-electron chi connectivity index (χ2n) is 8.26. The van der Waals surface area contributed by atoms with Gasteiger partial charge in [0.15, 0.2) is 0 Å². The van der Waals surface area contributed by atoms with Crippen LogP contribution in [0.4, 0.5) is 5.69 Å². The van der Waals surface area contributed by atoms with Gasteiger partial charge >= 0.3 is 0 Å². The van der Waals surface area contributed by atoms with Crippen molar-refractivity contribution in [2.75, 3.05) is 18.5 Å². The third-order valence-corrected chi connectivity index (χ3v) is 6.31. The molecule has 0 N–H and O–H groups in total. The molecular formula is C24H26N4O. The Labute approximate surface area is 170 Å². The van der Waals surface area contributed by atoms with E-state index in [1.165, 1.54) is 19.3 Å². The molecule has 0 atom stereocenters. The SMILES string of the molecule is CN1CC=Cc2c(Cc3cccnc3)cc3c(=O)n(C4CCCCC4)cnc3c21. The summed E-state index contributed by atoms with van der Waals surface area (Å²) in [5.74, 6) is 0. The Balaban J connectivity index is 1.71. The van der Waals surface area contributed by atoms with Gasteiger partial charge in [-0.1, -0.05) is 37.5 Å². The van der Waals surface area contributed by atoms with E-state index in [0.717, 1.165) is 59.1 Å². The molecule has 1 aliphatic heterocycles. The Kier molecular flexibility index (Phi) is 4.66. The van der Waals surface area contributed by atoms with Gasteiger partial charge in [-0.15, -0.1) is 0 Å². The quantitative estimate of drug-likeness (QED) is 0.671. The molecule has 3 aromatic rings. The van der Waals surface area contributed by atoms with Gasteiger partial charge in [0, 0.05) is 37.6 Å². The summed E-state index contributed by atoms with van der Waals surface area (Å²) in [5.41, 5.74) is 5.45. The molecular weight excluding hydrogens is 360 g/mol. The highest BCUT2D eigenvalue weighted by Crippen LogP contribution is 2.35. The van der Waals surface area contributed by atoms with E-state index in [0.29, 0.717) is 0 Å². The van der Waals surface area contributed by atoms with Crippen LogP contribution in [-0.2, 0) is 6.42 Å². The average molecular weight is 386 g/mol. The maximum Gasteiger partial charge on any atom is 0.261 e. The maximum atomic E-state index is 13.5. The second-order valence-corrected chi connectivity index (χ2v) is 8.26. The maximum absolute atomic E-state index is 13.5. The van der Waals surface area contributed by atoms with E-state index >= 15 is 0 Å². The summed E-state index contributed by atoms with van der Waals surface area (Å²) >= 11 is 0. The number of pyridine rings is 1. The molecule has 5 nitrogen and oxygen atoms in total. The summed E-state index contributed by atoms with van der Waals surface area (Å²) in [6.07, 6.45) is 16.4. The highest BCUT2D eigenvalue weighted by Gasteiger charge is 2.23. The van der Waals surface area contributed by atoms with Crippen LogP contribution in [0.1, 0.15) is 54.8 Å². The van der Waals surface area contributed by atoms with Crippen molar-refractivity contribution < 1.29 is 0 Å². The molecule has 1 aromatic carbocycles. The minimum absolute atomic E-state index is 0.0973. The van der Waals surface area contributed by atoms with Gasteiger partial charge in [-0.05, 0) is 42.5 Å². The molecule has 3 heterocycles. The average Bonchev–Trinajstić information content (AvgIpc) is 2.76. The standard InChI is InChI=1S/C24H26N4O/c1-27-12-6-10-20-18(13-17-7-5-11-25-15-17)14-21-22(23(20)27)26-16-28(24(21)29)19-8-3-2-4-9-19/h5-7,10-11,14-16,19H,2-4,8-9,12-13H2,1H3. The molecule has 0 bridgehead atoms. The topological polar surface area (TPSA) is 51.0 Å². The third kappa shape index (κ3) is 3.24. The Morgan fingerprint density at radius 1 is 1.21 bits per heavy atom. The van der Waals surface area contributed by atoms with E-state index in [1.807, 2.05) is 16.8 Å². The fraction of sp³-hybridized carbons (Fsp3) is 0.375. The van der Waals surface area contributed by atoms with Crippen LogP contribution < -0.4 is 10.5 Å². The van der Waals surface area contributed by atoms with Crippen LogP contribution in [0, 0.1) is 0 Å². The molecule has 1 saturated carbocycles. The summed E-state index contributed by atoms with van der Waals surface area (Å²) in [7, 11) is 2.07. The zero-order valence-electron chi connectivity index (χ0n) is 16.8. The van der Waals surface area contributed by atoms with Crippen LogP contribution in [0.3, 0.4) is 0 Å². The van der Waals surface area contributed by atoms with Crippen LogP contribution in [0.2, 0.25) is 0 Å². The zero-order valence-corrected chi connectivity index (χ0v) is 16.8. The third-order valence-electron chi connectivity index (χ3n) is 6.31. The Morgan fingerprint density at radius 3 is 2.86 bits per heavy atom. The summed E-state index contributed by atoms with van der Waals surface area (Å²) < 4.78 is 1.89. The number of hydrogen-bond donors (Lipinski definition) is 0. The molecule has 0 spiro atoms. The predicted octanol–water partition coefficient (Wildman–Crippen LogP) is 4.35. The Morgan fingerprint density at radius 2 is 2.07 bits per heavy atom.